The van der Waals surface area contributed by atoms with E-state index in [1.54, 1.807) is 7.11 Å². The van der Waals surface area contributed by atoms with Crippen LogP contribution in [0.25, 0.3) is 0 Å². The Hall–Kier alpha value is 0.120. The molecule has 0 spiro atoms. The molecule has 0 saturated carbocycles. The molecule has 0 saturated heterocycles. The first-order valence-corrected chi connectivity index (χ1v) is 8.41. The van der Waals surface area contributed by atoms with Crippen LogP contribution in [0.3, 0.4) is 0 Å². The molecule has 18 heavy (non-hydrogen) atoms. The van der Waals surface area contributed by atoms with Crippen molar-refractivity contribution in [2.75, 3.05) is 45.9 Å². The van der Waals surface area contributed by atoms with Crippen LogP contribution in [0.1, 0.15) is 13.8 Å². The second-order valence-corrected chi connectivity index (χ2v) is 7.21. The summed E-state index contributed by atoms with van der Waals surface area (Å²) in [5.41, 5.74) is 0. The highest BCUT2D eigenvalue weighted by Gasteiger charge is 2.20. The van der Waals surface area contributed by atoms with Gasteiger partial charge in [-0.05, 0) is 11.8 Å². The van der Waals surface area contributed by atoms with Crippen LogP contribution >= 0.6 is 10.7 Å². The first-order chi connectivity index (χ1) is 8.37. The fourth-order valence-electron chi connectivity index (χ4n) is 1.29. The van der Waals surface area contributed by atoms with Crippen molar-refractivity contribution in [3.05, 3.63) is 0 Å². The first kappa shape index (κ1) is 18.1. The Morgan fingerprint density at radius 2 is 1.61 bits per heavy atom. The normalized spacial score (nSPS) is 14.1. The van der Waals surface area contributed by atoms with Crippen molar-refractivity contribution in [1.29, 1.82) is 0 Å². The molecule has 0 aliphatic rings. The summed E-state index contributed by atoms with van der Waals surface area (Å²) >= 11 is 0. The molecule has 0 N–H and O–H groups in total. The Kier molecular flexibility index (Phi) is 10.0. The van der Waals surface area contributed by atoms with Gasteiger partial charge in [0.2, 0.25) is 9.05 Å². The van der Waals surface area contributed by atoms with Crippen LogP contribution in [0, 0.1) is 11.8 Å². The Morgan fingerprint density at radius 3 is 2.11 bits per heavy atom. The maximum absolute atomic E-state index is 11.0. The summed E-state index contributed by atoms with van der Waals surface area (Å²) in [6, 6.07) is 0. The minimum atomic E-state index is -3.48. The van der Waals surface area contributed by atoms with E-state index in [4.69, 9.17) is 24.9 Å². The van der Waals surface area contributed by atoms with E-state index in [1.165, 1.54) is 0 Å². The lowest BCUT2D eigenvalue weighted by Gasteiger charge is -2.19. The minimum absolute atomic E-state index is 0.0588. The van der Waals surface area contributed by atoms with Gasteiger partial charge in [-0.2, -0.15) is 0 Å². The first-order valence-electron chi connectivity index (χ1n) is 5.93. The van der Waals surface area contributed by atoms with Crippen molar-refractivity contribution in [3.63, 3.8) is 0 Å². The SMILES string of the molecule is COCCOCCOCC(CS(=O)(=O)Cl)C(C)C. The van der Waals surface area contributed by atoms with Crippen LogP contribution < -0.4 is 0 Å². The molecule has 1 atom stereocenters. The molecule has 0 bridgehead atoms. The number of halogens is 1. The molecule has 7 heteroatoms. The van der Waals surface area contributed by atoms with E-state index in [9.17, 15) is 8.42 Å². The van der Waals surface area contributed by atoms with Gasteiger partial charge >= 0.3 is 0 Å². The molecule has 0 aromatic heterocycles. The van der Waals surface area contributed by atoms with E-state index in [1.807, 2.05) is 13.8 Å². The predicted octanol–water partition coefficient (Wildman–Crippen LogP) is 1.51. The average molecular weight is 303 g/mol. The fraction of sp³-hybridized carbons (Fsp3) is 1.00. The Bertz CT molecular complexity index is 292. The summed E-state index contributed by atoms with van der Waals surface area (Å²) in [5, 5.41) is 0. The highest BCUT2D eigenvalue weighted by atomic mass is 35.7. The van der Waals surface area contributed by atoms with E-state index in [0.29, 0.717) is 33.0 Å². The number of hydrogen-bond acceptors (Lipinski definition) is 5. The number of ether oxygens (including phenoxy) is 3. The second-order valence-electron chi connectivity index (χ2n) is 4.39. The Balaban J connectivity index is 3.72. The molecule has 0 heterocycles. The van der Waals surface area contributed by atoms with Crippen LogP contribution in [0.15, 0.2) is 0 Å². The highest BCUT2D eigenvalue weighted by molar-refractivity contribution is 8.13. The summed E-state index contributed by atoms with van der Waals surface area (Å²) < 4.78 is 37.5. The summed E-state index contributed by atoms with van der Waals surface area (Å²) in [4.78, 5) is 0. The molecule has 0 amide bonds. The molecular formula is C11H23ClO5S. The van der Waals surface area contributed by atoms with E-state index < -0.39 is 9.05 Å². The average Bonchev–Trinajstić information content (AvgIpc) is 2.24. The summed E-state index contributed by atoms with van der Waals surface area (Å²) in [7, 11) is 3.38. The number of hydrogen-bond donors (Lipinski definition) is 0. The van der Waals surface area contributed by atoms with Crippen molar-refractivity contribution >= 4 is 19.7 Å². The number of methoxy groups -OCH3 is 1. The second kappa shape index (κ2) is 9.97. The standard InChI is InChI=1S/C11H23ClO5S/c1-10(2)11(9-18(12,13)14)8-17-7-6-16-5-4-15-3/h10-11H,4-9H2,1-3H3. The van der Waals surface area contributed by atoms with Gasteiger partial charge in [-0.25, -0.2) is 8.42 Å². The Morgan fingerprint density at radius 1 is 1.06 bits per heavy atom. The van der Waals surface area contributed by atoms with E-state index >= 15 is 0 Å². The predicted molar refractivity (Wildman–Crippen MR) is 71.5 cm³/mol. The monoisotopic (exact) mass is 302 g/mol. The summed E-state index contributed by atoms with van der Waals surface area (Å²) in [5.74, 6) is 0.0518. The zero-order valence-electron chi connectivity index (χ0n) is 11.2. The van der Waals surface area contributed by atoms with Crippen molar-refractivity contribution in [2.24, 2.45) is 11.8 Å². The lowest BCUT2D eigenvalue weighted by molar-refractivity contribution is 0.0134. The number of rotatable bonds is 11. The van der Waals surface area contributed by atoms with Crippen molar-refractivity contribution < 1.29 is 22.6 Å². The zero-order valence-corrected chi connectivity index (χ0v) is 12.8. The zero-order chi connectivity index (χ0) is 14.0. The van der Waals surface area contributed by atoms with E-state index in [2.05, 4.69) is 0 Å². The maximum Gasteiger partial charge on any atom is 0.232 e. The molecule has 5 nitrogen and oxygen atoms in total. The van der Waals surface area contributed by atoms with Crippen LogP contribution in [0.4, 0.5) is 0 Å². The maximum atomic E-state index is 11.0. The molecule has 0 aliphatic carbocycles. The van der Waals surface area contributed by atoms with Gasteiger partial charge < -0.3 is 14.2 Å². The molecule has 0 fully saturated rings. The lowest BCUT2D eigenvalue weighted by Crippen LogP contribution is -2.24. The summed E-state index contributed by atoms with van der Waals surface area (Å²) in [6.07, 6.45) is 0. The van der Waals surface area contributed by atoms with E-state index in [0.717, 1.165) is 0 Å². The van der Waals surface area contributed by atoms with Gasteiger partial charge in [0, 0.05) is 17.8 Å². The summed E-state index contributed by atoms with van der Waals surface area (Å²) in [6.45, 7) is 6.27. The molecule has 0 aliphatic heterocycles. The minimum Gasteiger partial charge on any atom is -0.382 e. The lowest BCUT2D eigenvalue weighted by atomic mass is 9.99. The van der Waals surface area contributed by atoms with Gasteiger partial charge in [0.15, 0.2) is 0 Å². The van der Waals surface area contributed by atoms with Crippen LogP contribution in [-0.4, -0.2) is 54.3 Å². The third-order valence-corrected chi connectivity index (χ3v) is 3.70. The highest BCUT2D eigenvalue weighted by Crippen LogP contribution is 2.16. The third kappa shape index (κ3) is 11.2. The van der Waals surface area contributed by atoms with E-state index in [-0.39, 0.29) is 17.6 Å². The molecule has 110 valence electrons. The van der Waals surface area contributed by atoms with Crippen molar-refractivity contribution in [2.45, 2.75) is 13.8 Å². The fourth-order valence-corrected chi connectivity index (χ4v) is 2.76. The van der Waals surface area contributed by atoms with Gasteiger partial charge in [-0.1, -0.05) is 13.8 Å². The molecule has 0 aromatic rings. The topological polar surface area (TPSA) is 61.8 Å². The van der Waals surface area contributed by atoms with Gasteiger partial charge in [-0.15, -0.1) is 0 Å². The molecule has 1 unspecified atom stereocenters. The Labute approximate surface area is 114 Å². The van der Waals surface area contributed by atoms with Crippen LogP contribution in [0.5, 0.6) is 0 Å². The van der Waals surface area contributed by atoms with Gasteiger partial charge in [-0.3, -0.25) is 0 Å². The van der Waals surface area contributed by atoms with Crippen molar-refractivity contribution in [3.8, 4) is 0 Å². The molecule has 0 rings (SSSR count). The van der Waals surface area contributed by atoms with Gasteiger partial charge in [0.25, 0.3) is 0 Å². The molecule has 0 aromatic carbocycles. The third-order valence-electron chi connectivity index (χ3n) is 2.49. The molecule has 0 radical (unpaired) electrons. The van der Waals surface area contributed by atoms with Crippen LogP contribution in [0.2, 0.25) is 0 Å². The van der Waals surface area contributed by atoms with Crippen LogP contribution in [-0.2, 0) is 23.3 Å². The van der Waals surface area contributed by atoms with Gasteiger partial charge in [0.1, 0.15) is 0 Å². The smallest absolute Gasteiger partial charge is 0.232 e. The molecular weight excluding hydrogens is 280 g/mol. The quantitative estimate of drug-likeness (QED) is 0.428. The largest absolute Gasteiger partial charge is 0.382 e. The van der Waals surface area contributed by atoms with Crippen molar-refractivity contribution in [1.82, 2.24) is 0 Å². The van der Waals surface area contributed by atoms with Gasteiger partial charge in [0.05, 0.1) is 38.8 Å².